The van der Waals surface area contributed by atoms with Crippen molar-refractivity contribution in [3.8, 4) is 0 Å². The van der Waals surface area contributed by atoms with E-state index >= 15 is 0 Å². The third-order valence-corrected chi connectivity index (χ3v) is 2.65. The van der Waals surface area contributed by atoms with E-state index in [1.807, 2.05) is 12.1 Å². The fourth-order valence-electron chi connectivity index (χ4n) is 1.06. The highest BCUT2D eigenvalue weighted by molar-refractivity contribution is 6.43. The second-order valence-corrected chi connectivity index (χ2v) is 3.95. The van der Waals surface area contributed by atoms with Crippen molar-refractivity contribution in [1.82, 2.24) is 0 Å². The molecule has 1 rings (SSSR count). The third-order valence-electron chi connectivity index (χ3n) is 1.83. The summed E-state index contributed by atoms with van der Waals surface area (Å²) >= 11 is 11.8. The number of benzene rings is 1. The molecule has 2 N–H and O–H groups in total. The number of aliphatic hydroxyl groups is 1. The number of rotatable bonds is 4. The maximum Gasteiger partial charge on any atom is 0.0823 e. The molecule has 0 aliphatic carbocycles. The van der Waals surface area contributed by atoms with Gasteiger partial charge >= 0.3 is 0 Å². The Labute approximate surface area is 93.8 Å². The summed E-state index contributed by atoms with van der Waals surface area (Å²) < 4.78 is 0. The number of halogens is 2. The van der Waals surface area contributed by atoms with Gasteiger partial charge in [-0.15, -0.1) is 0 Å². The highest BCUT2D eigenvalue weighted by Crippen LogP contribution is 2.29. The Morgan fingerprint density at radius 2 is 2.14 bits per heavy atom. The molecule has 0 aromatic heterocycles. The van der Waals surface area contributed by atoms with E-state index in [1.54, 1.807) is 13.0 Å². The second-order valence-electron chi connectivity index (χ2n) is 3.17. The van der Waals surface area contributed by atoms with E-state index < -0.39 is 0 Å². The van der Waals surface area contributed by atoms with Gasteiger partial charge in [0.1, 0.15) is 0 Å². The minimum atomic E-state index is -0.305. The Hall–Kier alpha value is -0.440. The first-order valence-corrected chi connectivity index (χ1v) is 5.23. The molecule has 78 valence electrons. The number of hydrogen-bond acceptors (Lipinski definition) is 2. The van der Waals surface area contributed by atoms with E-state index in [0.29, 0.717) is 23.0 Å². The van der Waals surface area contributed by atoms with Gasteiger partial charge in [0.05, 0.1) is 21.8 Å². The molecule has 0 fully saturated rings. The predicted octanol–water partition coefficient (Wildman–Crippen LogP) is 3.18. The summed E-state index contributed by atoms with van der Waals surface area (Å²) in [6.07, 6.45) is 0.378. The van der Waals surface area contributed by atoms with Crippen molar-refractivity contribution < 1.29 is 5.11 Å². The van der Waals surface area contributed by atoms with Crippen molar-refractivity contribution >= 4 is 28.9 Å². The number of hydrogen-bond donors (Lipinski definition) is 2. The molecule has 1 aromatic rings. The molecular weight excluding hydrogens is 221 g/mol. The first kappa shape index (κ1) is 11.6. The summed E-state index contributed by atoms with van der Waals surface area (Å²) in [5, 5.41) is 13.2. The maximum atomic E-state index is 9.06. The van der Waals surface area contributed by atoms with Crippen molar-refractivity contribution in [3.63, 3.8) is 0 Å². The monoisotopic (exact) mass is 233 g/mol. The van der Waals surface area contributed by atoms with E-state index in [1.165, 1.54) is 0 Å². The zero-order valence-electron chi connectivity index (χ0n) is 7.93. The van der Waals surface area contributed by atoms with E-state index in [9.17, 15) is 0 Å². The minimum absolute atomic E-state index is 0.305. The number of anilines is 1. The van der Waals surface area contributed by atoms with Crippen molar-refractivity contribution in [2.24, 2.45) is 0 Å². The minimum Gasteiger partial charge on any atom is -0.393 e. The topological polar surface area (TPSA) is 32.3 Å². The summed E-state index contributed by atoms with van der Waals surface area (Å²) in [4.78, 5) is 0. The molecule has 0 saturated carbocycles. The van der Waals surface area contributed by atoms with Crippen LogP contribution in [0.4, 0.5) is 5.69 Å². The van der Waals surface area contributed by atoms with Gasteiger partial charge in [-0.2, -0.15) is 0 Å². The van der Waals surface area contributed by atoms with E-state index in [4.69, 9.17) is 28.3 Å². The van der Waals surface area contributed by atoms with E-state index in [0.717, 1.165) is 5.69 Å². The Kier molecular flexibility index (Phi) is 4.52. The third kappa shape index (κ3) is 3.37. The van der Waals surface area contributed by atoms with Crippen LogP contribution in [-0.4, -0.2) is 17.8 Å². The van der Waals surface area contributed by atoms with Crippen LogP contribution in [0.1, 0.15) is 13.3 Å². The average Bonchev–Trinajstić information content (AvgIpc) is 2.12. The lowest BCUT2D eigenvalue weighted by Crippen LogP contribution is -2.09. The van der Waals surface area contributed by atoms with E-state index in [-0.39, 0.29) is 6.10 Å². The summed E-state index contributed by atoms with van der Waals surface area (Å²) in [5.41, 5.74) is 0.805. The van der Waals surface area contributed by atoms with Gasteiger partial charge in [-0.25, -0.2) is 0 Å². The fourth-order valence-corrected chi connectivity index (χ4v) is 1.42. The van der Waals surface area contributed by atoms with Gasteiger partial charge in [0.15, 0.2) is 0 Å². The van der Waals surface area contributed by atoms with Crippen LogP contribution in [0.5, 0.6) is 0 Å². The zero-order valence-corrected chi connectivity index (χ0v) is 9.44. The Balaban J connectivity index is 2.54. The van der Waals surface area contributed by atoms with Crippen molar-refractivity contribution in [3.05, 3.63) is 28.2 Å². The average molecular weight is 234 g/mol. The maximum absolute atomic E-state index is 9.06. The summed E-state index contributed by atoms with van der Waals surface area (Å²) in [6.45, 7) is 2.43. The molecule has 0 aliphatic rings. The van der Waals surface area contributed by atoms with Crippen LogP contribution in [0.2, 0.25) is 10.0 Å². The van der Waals surface area contributed by atoms with Gasteiger partial charge in [-0.1, -0.05) is 29.3 Å². The van der Waals surface area contributed by atoms with Crippen molar-refractivity contribution in [2.45, 2.75) is 19.4 Å². The van der Waals surface area contributed by atoms with Crippen LogP contribution < -0.4 is 5.32 Å². The highest BCUT2D eigenvalue weighted by Gasteiger charge is 2.03. The van der Waals surface area contributed by atoms with Gasteiger partial charge in [0, 0.05) is 6.54 Å². The molecule has 2 nitrogen and oxygen atoms in total. The largest absolute Gasteiger partial charge is 0.393 e. The summed E-state index contributed by atoms with van der Waals surface area (Å²) in [7, 11) is 0. The SMILES string of the molecule is CC(O)CCNc1cccc(Cl)c1Cl. The molecule has 14 heavy (non-hydrogen) atoms. The normalized spacial score (nSPS) is 12.6. The predicted molar refractivity (Wildman–Crippen MR) is 61.2 cm³/mol. The number of nitrogens with one attached hydrogen (secondary N) is 1. The molecule has 0 heterocycles. The van der Waals surface area contributed by atoms with Crippen LogP contribution in [0.3, 0.4) is 0 Å². The second kappa shape index (κ2) is 5.44. The van der Waals surface area contributed by atoms with Gasteiger partial charge in [0.25, 0.3) is 0 Å². The van der Waals surface area contributed by atoms with Crippen LogP contribution >= 0.6 is 23.2 Å². The van der Waals surface area contributed by atoms with Gasteiger partial charge in [-0.3, -0.25) is 0 Å². The van der Waals surface area contributed by atoms with Gasteiger partial charge < -0.3 is 10.4 Å². The molecule has 0 aliphatic heterocycles. The molecule has 0 bridgehead atoms. The number of aliphatic hydroxyl groups excluding tert-OH is 1. The van der Waals surface area contributed by atoms with Crippen LogP contribution in [-0.2, 0) is 0 Å². The first-order chi connectivity index (χ1) is 6.61. The quantitative estimate of drug-likeness (QED) is 0.838. The lowest BCUT2D eigenvalue weighted by molar-refractivity contribution is 0.189. The Morgan fingerprint density at radius 1 is 1.43 bits per heavy atom. The molecule has 0 radical (unpaired) electrons. The van der Waals surface area contributed by atoms with E-state index in [2.05, 4.69) is 5.32 Å². The Morgan fingerprint density at radius 3 is 2.79 bits per heavy atom. The lowest BCUT2D eigenvalue weighted by Gasteiger charge is -2.09. The molecule has 1 atom stereocenters. The van der Waals surface area contributed by atoms with Crippen molar-refractivity contribution in [2.75, 3.05) is 11.9 Å². The highest BCUT2D eigenvalue weighted by atomic mass is 35.5. The molecule has 0 saturated heterocycles. The molecule has 0 spiro atoms. The summed E-state index contributed by atoms with van der Waals surface area (Å²) in [6, 6.07) is 5.43. The van der Waals surface area contributed by atoms with Crippen molar-refractivity contribution in [1.29, 1.82) is 0 Å². The standard InChI is InChI=1S/C10H13Cl2NO/c1-7(14)5-6-13-9-4-2-3-8(11)10(9)12/h2-4,7,13-14H,5-6H2,1H3. The molecule has 0 amide bonds. The Bertz CT molecular complexity index is 302. The van der Waals surface area contributed by atoms with Crippen LogP contribution in [0, 0.1) is 0 Å². The lowest BCUT2D eigenvalue weighted by atomic mass is 10.2. The zero-order chi connectivity index (χ0) is 10.6. The van der Waals surface area contributed by atoms with Gasteiger partial charge in [-0.05, 0) is 25.5 Å². The first-order valence-electron chi connectivity index (χ1n) is 4.47. The van der Waals surface area contributed by atoms with Crippen LogP contribution in [0.25, 0.3) is 0 Å². The smallest absolute Gasteiger partial charge is 0.0823 e. The van der Waals surface area contributed by atoms with Gasteiger partial charge in [0.2, 0.25) is 0 Å². The summed E-state index contributed by atoms with van der Waals surface area (Å²) in [5.74, 6) is 0. The molecule has 4 heteroatoms. The molecule has 1 aromatic carbocycles. The molecular formula is C10H13Cl2NO. The van der Waals surface area contributed by atoms with Crippen LogP contribution in [0.15, 0.2) is 18.2 Å². The fraction of sp³-hybridized carbons (Fsp3) is 0.400. The molecule has 1 unspecified atom stereocenters.